The number of halogens is 1. The van der Waals surface area contributed by atoms with Crippen molar-refractivity contribution in [2.24, 2.45) is 5.73 Å². The van der Waals surface area contributed by atoms with E-state index in [2.05, 4.69) is 27.3 Å². The maximum absolute atomic E-state index is 12.0. The van der Waals surface area contributed by atoms with Crippen LogP contribution in [0.3, 0.4) is 0 Å². The molecule has 0 radical (unpaired) electrons. The highest BCUT2D eigenvalue weighted by Gasteiger charge is 2.21. The van der Waals surface area contributed by atoms with Gasteiger partial charge in [-0.15, -0.1) is 0 Å². The first kappa shape index (κ1) is 13.6. The molecule has 6 heteroatoms. The second-order valence-electron chi connectivity index (χ2n) is 4.04. The number of alkyl halides is 1. The van der Waals surface area contributed by atoms with Gasteiger partial charge >= 0.3 is 0 Å². The fraction of sp³-hybridized carbons (Fsp3) is 0.167. The standard InChI is InChI=1S/C12H13IN2O2S/c13-12(14)8-6-10(7-9-12)15-18(16,17)11-4-2-1-3-5-11/h1-8,15H,9,14H2. The van der Waals surface area contributed by atoms with Crippen LogP contribution in [0.25, 0.3) is 0 Å². The van der Waals surface area contributed by atoms with Gasteiger partial charge in [0.05, 0.1) is 8.44 Å². The van der Waals surface area contributed by atoms with Crippen LogP contribution in [0.15, 0.2) is 59.2 Å². The predicted octanol–water partition coefficient (Wildman–Crippen LogP) is 1.90. The molecule has 2 rings (SSSR count). The van der Waals surface area contributed by atoms with Gasteiger partial charge in [0.1, 0.15) is 0 Å². The van der Waals surface area contributed by atoms with E-state index >= 15 is 0 Å². The lowest BCUT2D eigenvalue weighted by Crippen LogP contribution is -2.32. The van der Waals surface area contributed by atoms with Gasteiger partial charge in [0, 0.05) is 5.70 Å². The fourth-order valence-corrected chi connectivity index (χ4v) is 3.02. The fourth-order valence-electron chi connectivity index (χ4n) is 1.52. The van der Waals surface area contributed by atoms with Crippen LogP contribution in [0.5, 0.6) is 0 Å². The van der Waals surface area contributed by atoms with Gasteiger partial charge in [0.15, 0.2) is 0 Å². The summed E-state index contributed by atoms with van der Waals surface area (Å²) < 4.78 is 26.2. The van der Waals surface area contributed by atoms with Crippen molar-refractivity contribution in [1.82, 2.24) is 4.72 Å². The molecule has 0 fully saturated rings. The van der Waals surface area contributed by atoms with Crippen molar-refractivity contribution in [3.8, 4) is 0 Å². The molecule has 0 saturated carbocycles. The van der Waals surface area contributed by atoms with Crippen molar-refractivity contribution in [2.75, 3.05) is 0 Å². The molecule has 1 aromatic rings. The zero-order valence-electron chi connectivity index (χ0n) is 9.51. The Kier molecular flexibility index (Phi) is 3.79. The largest absolute Gasteiger partial charge is 0.313 e. The number of nitrogens with two attached hydrogens (primary N) is 1. The van der Waals surface area contributed by atoms with Crippen molar-refractivity contribution in [2.45, 2.75) is 14.9 Å². The lowest BCUT2D eigenvalue weighted by atomic mass is 10.1. The van der Waals surface area contributed by atoms with E-state index in [1.165, 1.54) is 0 Å². The number of sulfonamides is 1. The Hall–Kier alpha value is -0.860. The van der Waals surface area contributed by atoms with Crippen LogP contribution in [0.1, 0.15) is 6.42 Å². The summed E-state index contributed by atoms with van der Waals surface area (Å²) in [5, 5.41) is 0. The molecule has 4 nitrogen and oxygen atoms in total. The second kappa shape index (κ2) is 5.02. The lowest BCUT2D eigenvalue weighted by molar-refractivity contribution is 0.588. The zero-order chi connectivity index (χ0) is 13.2. The number of benzene rings is 1. The van der Waals surface area contributed by atoms with Crippen molar-refractivity contribution in [3.05, 3.63) is 54.3 Å². The molecule has 96 valence electrons. The number of hydrogen-bond donors (Lipinski definition) is 2. The van der Waals surface area contributed by atoms with Crippen LogP contribution in [0.2, 0.25) is 0 Å². The van der Waals surface area contributed by atoms with Crippen LogP contribution in [-0.4, -0.2) is 12.0 Å². The molecule has 0 aliphatic heterocycles. The van der Waals surface area contributed by atoms with E-state index in [0.29, 0.717) is 12.1 Å². The van der Waals surface area contributed by atoms with E-state index in [4.69, 9.17) is 5.73 Å². The van der Waals surface area contributed by atoms with E-state index in [0.717, 1.165) is 0 Å². The Bertz CT molecular complexity index is 592. The van der Waals surface area contributed by atoms with Gasteiger partial charge in [-0.3, -0.25) is 4.72 Å². The molecular weight excluding hydrogens is 363 g/mol. The van der Waals surface area contributed by atoms with Crippen LogP contribution in [0.4, 0.5) is 0 Å². The van der Waals surface area contributed by atoms with Crippen molar-refractivity contribution >= 4 is 32.6 Å². The molecule has 0 aromatic heterocycles. The summed E-state index contributed by atoms with van der Waals surface area (Å²) >= 11 is 2.12. The predicted molar refractivity (Wildman–Crippen MR) is 79.5 cm³/mol. The molecule has 0 amide bonds. The maximum Gasteiger partial charge on any atom is 0.261 e. The monoisotopic (exact) mass is 376 g/mol. The minimum Gasteiger partial charge on any atom is -0.313 e. The molecule has 0 saturated heterocycles. The molecule has 0 spiro atoms. The van der Waals surface area contributed by atoms with Gasteiger partial charge in [-0.2, -0.15) is 0 Å². The van der Waals surface area contributed by atoms with Crippen molar-refractivity contribution in [1.29, 1.82) is 0 Å². The van der Waals surface area contributed by atoms with Crippen molar-refractivity contribution < 1.29 is 8.42 Å². The van der Waals surface area contributed by atoms with Crippen molar-refractivity contribution in [3.63, 3.8) is 0 Å². The highest BCUT2D eigenvalue weighted by Crippen LogP contribution is 2.24. The highest BCUT2D eigenvalue weighted by atomic mass is 127. The summed E-state index contributed by atoms with van der Waals surface area (Å²) in [6.07, 6.45) is 5.86. The molecule has 18 heavy (non-hydrogen) atoms. The number of allylic oxidation sites excluding steroid dienone is 1. The Balaban J connectivity index is 2.17. The van der Waals surface area contributed by atoms with E-state index in [9.17, 15) is 8.42 Å². The number of nitrogens with one attached hydrogen (secondary N) is 1. The molecule has 1 aliphatic carbocycles. The average molecular weight is 376 g/mol. The normalized spacial score (nSPS) is 23.6. The third kappa shape index (κ3) is 3.33. The molecule has 1 atom stereocenters. The van der Waals surface area contributed by atoms with Gasteiger partial charge < -0.3 is 5.73 Å². The molecular formula is C12H13IN2O2S. The minimum absolute atomic E-state index is 0.248. The Morgan fingerprint density at radius 2 is 1.94 bits per heavy atom. The van der Waals surface area contributed by atoms with Gasteiger partial charge in [-0.05, 0) is 24.6 Å². The Morgan fingerprint density at radius 1 is 1.28 bits per heavy atom. The first-order valence-electron chi connectivity index (χ1n) is 5.34. The lowest BCUT2D eigenvalue weighted by Gasteiger charge is -2.21. The maximum atomic E-state index is 12.0. The number of hydrogen-bond acceptors (Lipinski definition) is 3. The smallest absolute Gasteiger partial charge is 0.261 e. The minimum atomic E-state index is -3.51. The van der Waals surface area contributed by atoms with Crippen LogP contribution >= 0.6 is 22.6 Å². The summed E-state index contributed by atoms with van der Waals surface area (Å²) in [7, 11) is -3.51. The van der Waals surface area contributed by atoms with E-state index in [1.807, 2.05) is 0 Å². The van der Waals surface area contributed by atoms with E-state index in [-0.39, 0.29) is 4.90 Å². The first-order valence-corrected chi connectivity index (χ1v) is 7.90. The molecule has 3 N–H and O–H groups in total. The van der Waals surface area contributed by atoms with Gasteiger partial charge in [-0.25, -0.2) is 8.42 Å². The van der Waals surface area contributed by atoms with Crippen LogP contribution in [-0.2, 0) is 10.0 Å². The molecule has 1 aromatic carbocycles. The molecule has 1 unspecified atom stereocenters. The quantitative estimate of drug-likeness (QED) is 0.481. The van der Waals surface area contributed by atoms with Crippen LogP contribution < -0.4 is 10.5 Å². The second-order valence-corrected chi connectivity index (χ2v) is 7.73. The summed E-state index contributed by atoms with van der Waals surface area (Å²) in [6, 6.07) is 8.27. The summed E-state index contributed by atoms with van der Waals surface area (Å²) in [5.74, 6) is 0. The van der Waals surface area contributed by atoms with Gasteiger partial charge in [0.25, 0.3) is 10.0 Å². The molecule has 1 aliphatic rings. The third-order valence-electron chi connectivity index (χ3n) is 2.48. The third-order valence-corrected chi connectivity index (χ3v) is 4.68. The first-order chi connectivity index (χ1) is 8.39. The Morgan fingerprint density at radius 3 is 2.50 bits per heavy atom. The zero-order valence-corrected chi connectivity index (χ0v) is 12.5. The van der Waals surface area contributed by atoms with Crippen LogP contribution in [0, 0.1) is 0 Å². The average Bonchev–Trinajstić information content (AvgIpc) is 2.33. The number of rotatable bonds is 3. The molecule has 0 heterocycles. The Labute approximate surface area is 120 Å². The van der Waals surface area contributed by atoms with E-state index < -0.39 is 13.6 Å². The summed E-state index contributed by atoms with van der Waals surface area (Å²) in [4.78, 5) is 0.248. The molecule has 0 bridgehead atoms. The SMILES string of the molecule is NC1(I)C=CC(NS(=O)(=O)c2ccccc2)=CC1. The van der Waals surface area contributed by atoms with Gasteiger partial charge in [-0.1, -0.05) is 52.9 Å². The summed E-state index contributed by atoms with van der Waals surface area (Å²) in [5.41, 5.74) is 6.45. The van der Waals surface area contributed by atoms with E-state index in [1.54, 1.807) is 48.6 Å². The van der Waals surface area contributed by atoms with Gasteiger partial charge in [0.2, 0.25) is 0 Å². The topological polar surface area (TPSA) is 72.2 Å². The summed E-state index contributed by atoms with van der Waals surface area (Å²) in [6.45, 7) is 0. The highest BCUT2D eigenvalue weighted by molar-refractivity contribution is 14.1.